The maximum Gasteiger partial charge on any atom is 0.332 e. The zero-order valence-corrected chi connectivity index (χ0v) is 25.0. The van der Waals surface area contributed by atoms with E-state index in [1.165, 1.54) is 49.5 Å². The van der Waals surface area contributed by atoms with Gasteiger partial charge in [-0.1, -0.05) is 127 Å². The second kappa shape index (κ2) is 9.75. The standard InChI is InChI=1S/C42H27BN2O/c1-3-12-28(13-4-1)30-22-24-40-38(26-30)45(39-27-31(23-25-41(39)46-40)29-14-5-2-6-15-29)43-34-18-8-10-21-37(34)44-36-20-9-7-16-32(36)33-17-11-19-35(43)42(33)44/h1-27H. The molecule has 1 aromatic heterocycles. The molecule has 0 spiro atoms. The number of anilines is 2. The number of hydrogen-bond donors (Lipinski definition) is 0. The van der Waals surface area contributed by atoms with E-state index in [4.69, 9.17) is 4.74 Å². The lowest BCUT2D eigenvalue weighted by molar-refractivity contribution is 0.478. The summed E-state index contributed by atoms with van der Waals surface area (Å²) in [5.41, 5.74) is 13.0. The van der Waals surface area contributed by atoms with Gasteiger partial charge in [-0.3, -0.25) is 0 Å². The van der Waals surface area contributed by atoms with Crippen LogP contribution in [0.5, 0.6) is 11.5 Å². The fraction of sp³-hybridized carbons (Fsp3) is 0. The Labute approximate surface area is 267 Å². The molecule has 0 radical (unpaired) electrons. The van der Waals surface area contributed by atoms with Crippen LogP contribution in [0.3, 0.4) is 0 Å². The van der Waals surface area contributed by atoms with Gasteiger partial charge in [0.15, 0.2) is 0 Å². The molecule has 0 atom stereocenters. The summed E-state index contributed by atoms with van der Waals surface area (Å²) in [6.07, 6.45) is 0. The molecular formula is C42H27BN2O. The molecule has 0 aliphatic carbocycles. The molecule has 0 saturated heterocycles. The lowest BCUT2D eigenvalue weighted by Crippen LogP contribution is -2.58. The van der Waals surface area contributed by atoms with Crippen molar-refractivity contribution in [1.29, 1.82) is 0 Å². The molecule has 8 aromatic rings. The van der Waals surface area contributed by atoms with Gasteiger partial charge in [0, 0.05) is 16.5 Å². The normalized spacial score (nSPS) is 12.9. The van der Waals surface area contributed by atoms with E-state index in [1.807, 2.05) is 0 Å². The SMILES string of the molecule is c1ccc(-c2ccc3c(c2)N(B2c4ccccc4-n4c5ccccc5c5cccc2c54)c2cc(-c4ccccc4)ccc2O3)cc1. The number of nitrogens with zero attached hydrogens (tertiary/aromatic N) is 2. The van der Waals surface area contributed by atoms with Crippen molar-refractivity contribution in [1.82, 2.24) is 4.57 Å². The molecule has 0 amide bonds. The van der Waals surface area contributed by atoms with Crippen LogP contribution in [0.25, 0.3) is 49.7 Å². The third-order valence-electron chi connectivity index (χ3n) is 9.62. The molecule has 0 bridgehead atoms. The number of para-hydroxylation sites is 3. The van der Waals surface area contributed by atoms with Crippen LogP contribution in [0.2, 0.25) is 0 Å². The van der Waals surface area contributed by atoms with E-state index in [2.05, 4.69) is 173 Å². The quantitative estimate of drug-likeness (QED) is 0.192. The number of benzene rings is 7. The van der Waals surface area contributed by atoms with Crippen LogP contribution in [0.1, 0.15) is 0 Å². The van der Waals surface area contributed by atoms with Crippen molar-refractivity contribution in [3.63, 3.8) is 0 Å². The van der Waals surface area contributed by atoms with Crippen molar-refractivity contribution in [3.05, 3.63) is 164 Å². The summed E-state index contributed by atoms with van der Waals surface area (Å²) in [6, 6.07) is 58.9. The maximum absolute atomic E-state index is 6.71. The predicted octanol–water partition coefficient (Wildman–Crippen LogP) is 9.48. The molecule has 7 aromatic carbocycles. The van der Waals surface area contributed by atoms with Gasteiger partial charge in [-0.15, -0.1) is 0 Å². The highest BCUT2D eigenvalue weighted by atomic mass is 16.5. The molecule has 2 aliphatic heterocycles. The molecule has 0 saturated carbocycles. The number of hydrogen-bond acceptors (Lipinski definition) is 2. The predicted molar refractivity (Wildman–Crippen MR) is 192 cm³/mol. The molecule has 3 heterocycles. The van der Waals surface area contributed by atoms with Gasteiger partial charge in [0.25, 0.3) is 0 Å². The summed E-state index contributed by atoms with van der Waals surface area (Å²) in [5, 5.41) is 2.55. The van der Waals surface area contributed by atoms with Crippen molar-refractivity contribution < 1.29 is 4.74 Å². The van der Waals surface area contributed by atoms with Crippen LogP contribution in [-0.4, -0.2) is 11.4 Å². The molecule has 3 nitrogen and oxygen atoms in total. The second-order valence-electron chi connectivity index (χ2n) is 12.1. The average Bonchev–Trinajstić information content (AvgIpc) is 3.47. The first-order valence-electron chi connectivity index (χ1n) is 15.8. The molecule has 10 rings (SSSR count). The summed E-state index contributed by atoms with van der Waals surface area (Å²) in [5.74, 6) is 1.71. The fourth-order valence-electron chi connectivity index (χ4n) is 7.61. The second-order valence-corrected chi connectivity index (χ2v) is 12.1. The van der Waals surface area contributed by atoms with E-state index in [9.17, 15) is 0 Å². The van der Waals surface area contributed by atoms with E-state index < -0.39 is 0 Å². The van der Waals surface area contributed by atoms with E-state index in [-0.39, 0.29) is 6.85 Å². The molecular weight excluding hydrogens is 559 g/mol. The Bertz CT molecular complexity index is 2380. The van der Waals surface area contributed by atoms with Gasteiger partial charge in [0.05, 0.1) is 22.4 Å². The largest absolute Gasteiger partial charge is 0.453 e. The third kappa shape index (κ3) is 3.61. The van der Waals surface area contributed by atoms with Crippen molar-refractivity contribution in [2.75, 3.05) is 4.81 Å². The zero-order valence-electron chi connectivity index (χ0n) is 25.0. The van der Waals surface area contributed by atoms with Gasteiger partial charge in [-0.25, -0.2) is 0 Å². The first-order chi connectivity index (χ1) is 22.8. The Hall–Kier alpha value is -6.00. The van der Waals surface area contributed by atoms with Crippen molar-refractivity contribution in [2.24, 2.45) is 0 Å². The van der Waals surface area contributed by atoms with Crippen molar-refractivity contribution >= 4 is 51.0 Å². The Morgan fingerprint density at radius 2 is 0.978 bits per heavy atom. The number of fused-ring (bicyclic) bond motifs is 7. The van der Waals surface area contributed by atoms with Crippen molar-refractivity contribution in [3.8, 4) is 39.4 Å². The third-order valence-corrected chi connectivity index (χ3v) is 9.62. The van der Waals surface area contributed by atoms with Crippen LogP contribution in [0.15, 0.2) is 164 Å². The van der Waals surface area contributed by atoms with Crippen LogP contribution < -0.4 is 20.5 Å². The van der Waals surface area contributed by atoms with Gasteiger partial charge in [0.1, 0.15) is 11.5 Å². The lowest BCUT2D eigenvalue weighted by atomic mass is 9.46. The Kier molecular flexibility index (Phi) is 5.37. The summed E-state index contributed by atoms with van der Waals surface area (Å²) in [6.45, 7) is -0.0878. The van der Waals surface area contributed by atoms with E-state index in [1.54, 1.807) is 0 Å². The minimum atomic E-state index is -0.0878. The van der Waals surface area contributed by atoms with Gasteiger partial charge in [0.2, 0.25) is 0 Å². The van der Waals surface area contributed by atoms with Crippen molar-refractivity contribution in [2.45, 2.75) is 0 Å². The molecule has 4 heteroatoms. The summed E-state index contributed by atoms with van der Waals surface area (Å²) in [7, 11) is 0. The van der Waals surface area contributed by atoms with E-state index >= 15 is 0 Å². The Morgan fingerprint density at radius 1 is 0.413 bits per heavy atom. The van der Waals surface area contributed by atoms with Crippen LogP contribution in [0, 0.1) is 0 Å². The molecule has 0 unspecified atom stereocenters. The fourth-order valence-corrected chi connectivity index (χ4v) is 7.61. The van der Waals surface area contributed by atoms with Crippen LogP contribution in [0.4, 0.5) is 11.4 Å². The maximum atomic E-state index is 6.71. The van der Waals surface area contributed by atoms with Gasteiger partial charge < -0.3 is 14.1 Å². The van der Waals surface area contributed by atoms with Crippen LogP contribution >= 0.6 is 0 Å². The summed E-state index contributed by atoms with van der Waals surface area (Å²) in [4.78, 5) is 2.53. The molecule has 214 valence electrons. The van der Waals surface area contributed by atoms with Gasteiger partial charge >= 0.3 is 6.85 Å². The van der Waals surface area contributed by atoms with Crippen LogP contribution in [-0.2, 0) is 0 Å². The number of rotatable bonds is 3. The zero-order chi connectivity index (χ0) is 30.2. The number of ether oxygens (including phenoxy) is 1. The topological polar surface area (TPSA) is 17.4 Å². The highest BCUT2D eigenvalue weighted by molar-refractivity contribution is 6.92. The van der Waals surface area contributed by atoms with Gasteiger partial charge in [-0.05, 0) is 69.6 Å². The summed E-state index contributed by atoms with van der Waals surface area (Å²) >= 11 is 0. The first-order valence-corrected chi connectivity index (χ1v) is 15.8. The highest BCUT2D eigenvalue weighted by Crippen LogP contribution is 2.50. The first kappa shape index (κ1) is 25.3. The molecule has 2 aliphatic rings. The minimum absolute atomic E-state index is 0.0878. The minimum Gasteiger partial charge on any atom is -0.453 e. The Balaban J connectivity index is 1.29. The van der Waals surface area contributed by atoms with E-state index in [0.717, 1.165) is 34.0 Å². The molecule has 46 heavy (non-hydrogen) atoms. The Morgan fingerprint density at radius 3 is 1.67 bits per heavy atom. The monoisotopic (exact) mass is 586 g/mol. The smallest absolute Gasteiger partial charge is 0.332 e. The molecule has 0 N–H and O–H groups in total. The lowest BCUT2D eigenvalue weighted by Gasteiger charge is -2.40. The van der Waals surface area contributed by atoms with Gasteiger partial charge in [-0.2, -0.15) is 0 Å². The number of aromatic nitrogens is 1. The van der Waals surface area contributed by atoms with E-state index in [0.29, 0.717) is 0 Å². The molecule has 0 fully saturated rings. The highest BCUT2D eigenvalue weighted by Gasteiger charge is 2.41. The average molecular weight is 587 g/mol. The summed E-state index contributed by atoms with van der Waals surface area (Å²) < 4.78 is 9.18.